The van der Waals surface area contributed by atoms with Crippen molar-refractivity contribution in [1.29, 1.82) is 0 Å². The molecule has 5 rings (SSSR count). The van der Waals surface area contributed by atoms with Crippen LogP contribution in [-0.4, -0.2) is 63.1 Å². The molecule has 12 heteroatoms. The van der Waals surface area contributed by atoms with Crippen LogP contribution in [0.5, 0.6) is 0 Å². The number of aromatic amines is 1. The van der Waals surface area contributed by atoms with Crippen molar-refractivity contribution in [1.82, 2.24) is 19.4 Å². The van der Waals surface area contributed by atoms with E-state index in [1.165, 1.54) is 24.3 Å². The summed E-state index contributed by atoms with van der Waals surface area (Å²) < 4.78 is 53.7. The van der Waals surface area contributed by atoms with Crippen LogP contribution in [0.4, 0.5) is 28.0 Å². The quantitative estimate of drug-likeness (QED) is 0.345. The van der Waals surface area contributed by atoms with Crippen LogP contribution in [0.1, 0.15) is 31.7 Å². The van der Waals surface area contributed by atoms with Crippen molar-refractivity contribution < 1.29 is 22.4 Å². The summed E-state index contributed by atoms with van der Waals surface area (Å²) in [6, 6.07) is 10.4. The predicted octanol–water partition coefficient (Wildman–Crippen LogP) is 5.41. The molecule has 2 saturated heterocycles. The molecule has 0 bridgehead atoms. The first kappa shape index (κ1) is 25.7. The molecule has 0 spiro atoms. The number of nitrogens with one attached hydrogen (secondary N) is 2. The summed E-state index contributed by atoms with van der Waals surface area (Å²) in [6.07, 6.45) is 3.13. The highest BCUT2D eigenvalue weighted by Crippen LogP contribution is 2.37. The van der Waals surface area contributed by atoms with Crippen molar-refractivity contribution in [3.8, 4) is 0 Å². The van der Waals surface area contributed by atoms with Gasteiger partial charge in [0.2, 0.25) is 0 Å². The SMILES string of the molecule is O=C(Nc1cccc(SC(F)(F)F)c1)N1CCC(N2CCC(n3c(=O)[nH]c4c(F)cccc43)CC2)CC1. The number of urea groups is 1. The van der Waals surface area contributed by atoms with Crippen molar-refractivity contribution in [2.75, 3.05) is 31.5 Å². The van der Waals surface area contributed by atoms with Crippen LogP contribution < -0.4 is 11.0 Å². The maximum absolute atomic E-state index is 14.1. The second-order valence-electron chi connectivity index (χ2n) is 9.43. The lowest BCUT2D eigenvalue weighted by molar-refractivity contribution is -0.0328. The molecule has 2 N–H and O–H groups in total. The van der Waals surface area contributed by atoms with Crippen LogP contribution in [0.3, 0.4) is 0 Å². The third-order valence-corrected chi connectivity index (χ3v) is 7.87. The number of nitrogens with zero attached hydrogens (tertiary/aromatic N) is 3. The number of hydrogen-bond donors (Lipinski definition) is 2. The van der Waals surface area contributed by atoms with E-state index in [2.05, 4.69) is 15.2 Å². The predicted molar refractivity (Wildman–Crippen MR) is 134 cm³/mol. The molecular formula is C25H27F4N5O2S. The third-order valence-electron chi connectivity index (χ3n) is 7.15. The number of para-hydroxylation sites is 1. The van der Waals surface area contributed by atoms with E-state index < -0.39 is 11.3 Å². The van der Waals surface area contributed by atoms with Gasteiger partial charge in [0.05, 0.1) is 5.52 Å². The molecule has 0 aliphatic carbocycles. The molecule has 198 valence electrons. The van der Waals surface area contributed by atoms with E-state index in [9.17, 15) is 27.2 Å². The summed E-state index contributed by atoms with van der Waals surface area (Å²) >= 11 is -0.213. The zero-order valence-corrected chi connectivity index (χ0v) is 20.7. The van der Waals surface area contributed by atoms with Crippen LogP contribution in [-0.2, 0) is 0 Å². The van der Waals surface area contributed by atoms with E-state index in [0.29, 0.717) is 30.3 Å². The van der Waals surface area contributed by atoms with Crippen LogP contribution >= 0.6 is 11.8 Å². The Kier molecular flexibility index (Phi) is 7.21. The smallest absolute Gasteiger partial charge is 0.324 e. The standard InChI is InChI=1S/C25H27F4N5O2S/c26-20-5-2-6-21-22(20)31-24(36)34(21)18-9-11-32(12-10-18)17-7-13-33(14-8-17)23(35)30-16-3-1-4-19(15-16)37-25(27,28)29/h1-6,15,17-18H,7-14H2,(H,30,35)(H,31,36). The number of H-pyrrole nitrogens is 1. The summed E-state index contributed by atoms with van der Waals surface area (Å²) in [5, 5.41) is 2.71. The fourth-order valence-electron chi connectivity index (χ4n) is 5.39. The minimum absolute atomic E-state index is 0.00330. The number of amides is 2. The molecule has 0 saturated carbocycles. The minimum atomic E-state index is -4.39. The van der Waals surface area contributed by atoms with E-state index in [1.807, 2.05) is 0 Å². The van der Waals surface area contributed by atoms with Crippen LogP contribution in [0.25, 0.3) is 11.0 Å². The molecule has 3 heterocycles. The molecule has 2 aromatic carbocycles. The van der Waals surface area contributed by atoms with Gasteiger partial charge in [0.15, 0.2) is 0 Å². The second kappa shape index (κ2) is 10.4. The fourth-order valence-corrected chi connectivity index (χ4v) is 5.99. The first-order valence-corrected chi connectivity index (χ1v) is 13.0. The lowest BCUT2D eigenvalue weighted by atomic mass is 9.97. The summed E-state index contributed by atoms with van der Waals surface area (Å²) in [6.45, 7) is 2.71. The number of imidazole rings is 1. The first-order chi connectivity index (χ1) is 17.7. The molecule has 3 aromatic rings. The highest BCUT2D eigenvalue weighted by atomic mass is 32.2. The maximum Gasteiger partial charge on any atom is 0.446 e. The van der Waals surface area contributed by atoms with Gasteiger partial charge in [0.25, 0.3) is 0 Å². The van der Waals surface area contributed by atoms with Gasteiger partial charge in [-0.2, -0.15) is 13.2 Å². The number of benzene rings is 2. The molecule has 37 heavy (non-hydrogen) atoms. The number of piperidine rings is 2. The summed E-state index contributed by atoms with van der Waals surface area (Å²) in [5.41, 5.74) is -3.52. The molecule has 2 aliphatic heterocycles. The fraction of sp³-hybridized carbons (Fsp3) is 0.440. The average molecular weight is 538 g/mol. The maximum atomic E-state index is 14.1. The third kappa shape index (κ3) is 5.80. The summed E-state index contributed by atoms with van der Waals surface area (Å²) in [4.78, 5) is 31.9. The highest BCUT2D eigenvalue weighted by molar-refractivity contribution is 8.00. The van der Waals surface area contributed by atoms with Gasteiger partial charge in [0, 0.05) is 48.8 Å². The van der Waals surface area contributed by atoms with Gasteiger partial charge in [-0.3, -0.25) is 4.57 Å². The van der Waals surface area contributed by atoms with Gasteiger partial charge < -0.3 is 20.1 Å². The second-order valence-corrected chi connectivity index (χ2v) is 10.6. The molecule has 7 nitrogen and oxygen atoms in total. The molecule has 0 atom stereocenters. The summed E-state index contributed by atoms with van der Waals surface area (Å²) in [5.74, 6) is -0.436. The van der Waals surface area contributed by atoms with E-state index in [4.69, 9.17) is 0 Å². The van der Waals surface area contributed by atoms with E-state index in [-0.39, 0.29) is 39.9 Å². The van der Waals surface area contributed by atoms with Crippen molar-refractivity contribution in [2.45, 2.75) is 48.2 Å². The van der Waals surface area contributed by atoms with Gasteiger partial charge in [-0.05, 0) is 67.8 Å². The van der Waals surface area contributed by atoms with Crippen molar-refractivity contribution in [3.63, 3.8) is 0 Å². The van der Waals surface area contributed by atoms with Gasteiger partial charge in [-0.15, -0.1) is 0 Å². The Balaban J connectivity index is 1.13. The highest BCUT2D eigenvalue weighted by Gasteiger charge is 2.32. The molecule has 2 fully saturated rings. The van der Waals surface area contributed by atoms with E-state index >= 15 is 0 Å². The number of alkyl halides is 3. The Morgan fingerprint density at radius 3 is 2.35 bits per heavy atom. The van der Waals surface area contributed by atoms with Crippen LogP contribution in [0.15, 0.2) is 52.2 Å². The Morgan fingerprint density at radius 1 is 0.973 bits per heavy atom. The van der Waals surface area contributed by atoms with Gasteiger partial charge >= 0.3 is 17.2 Å². The van der Waals surface area contributed by atoms with Gasteiger partial charge in [0.1, 0.15) is 11.3 Å². The topological polar surface area (TPSA) is 73.4 Å². The lowest BCUT2D eigenvalue weighted by Crippen LogP contribution is -2.50. The number of fused-ring (bicyclic) bond motifs is 1. The average Bonchev–Trinajstić information content (AvgIpc) is 3.20. The normalized spacial score (nSPS) is 18.4. The van der Waals surface area contributed by atoms with E-state index in [1.54, 1.807) is 27.7 Å². The minimum Gasteiger partial charge on any atom is -0.324 e. The van der Waals surface area contributed by atoms with Crippen LogP contribution in [0, 0.1) is 5.82 Å². The zero-order valence-electron chi connectivity index (χ0n) is 19.9. The Labute approximate surface area is 214 Å². The number of hydrogen-bond acceptors (Lipinski definition) is 4. The number of likely N-dealkylation sites (tertiary alicyclic amines) is 2. The number of aromatic nitrogens is 2. The van der Waals surface area contributed by atoms with Crippen molar-refractivity contribution >= 4 is 34.5 Å². The largest absolute Gasteiger partial charge is 0.446 e. The van der Waals surface area contributed by atoms with E-state index in [0.717, 1.165) is 38.8 Å². The van der Waals surface area contributed by atoms with Crippen molar-refractivity contribution in [2.24, 2.45) is 0 Å². The van der Waals surface area contributed by atoms with Gasteiger partial charge in [-0.25, -0.2) is 14.0 Å². The van der Waals surface area contributed by atoms with Crippen molar-refractivity contribution in [3.05, 3.63) is 58.8 Å². The summed E-state index contributed by atoms with van der Waals surface area (Å²) in [7, 11) is 0. The number of anilines is 1. The number of halogens is 4. The lowest BCUT2D eigenvalue weighted by Gasteiger charge is -2.41. The number of carbonyl (C=O) groups excluding carboxylic acids is 1. The first-order valence-electron chi connectivity index (χ1n) is 12.2. The number of carbonyl (C=O) groups is 1. The monoisotopic (exact) mass is 537 g/mol. The molecule has 2 amide bonds. The Bertz CT molecular complexity index is 1320. The molecule has 2 aliphatic rings. The zero-order chi connectivity index (χ0) is 26.2. The molecule has 0 unspecified atom stereocenters. The molecule has 0 radical (unpaired) electrons. The Morgan fingerprint density at radius 2 is 1.65 bits per heavy atom. The Hall–Kier alpha value is -2.99. The van der Waals surface area contributed by atoms with Crippen LogP contribution in [0.2, 0.25) is 0 Å². The number of thioether (sulfide) groups is 1. The molecule has 1 aromatic heterocycles. The number of rotatable bonds is 4. The van der Waals surface area contributed by atoms with Gasteiger partial charge in [-0.1, -0.05) is 12.1 Å². The molecular weight excluding hydrogens is 510 g/mol.